The zero-order chi connectivity index (χ0) is 24.3. The number of carbonyl (C=O) groups is 1. The molecule has 4 rings (SSSR count). The number of benzene rings is 2. The second-order valence-electron chi connectivity index (χ2n) is 9.67. The molecule has 0 saturated carbocycles. The molecule has 184 valence electrons. The standard InChI is InChI=1S/C26H34FN3O3S/c1-19-5-3-15-29(17-19)24-11-7-21(8-12-24)20(2)28-26(31)22-6-4-16-30(18-22)34(32,33)25-13-9-23(27)10-14-25/h7-14,19-20,22H,3-6,15-18H2,1-2H3,(H,28,31)/t19-,20-,22+/m1/s1. The van der Waals surface area contributed by atoms with Gasteiger partial charge in [0, 0.05) is 31.9 Å². The molecule has 2 heterocycles. The predicted octanol–water partition coefficient (Wildman–Crippen LogP) is 4.34. The molecule has 6 nitrogen and oxygen atoms in total. The summed E-state index contributed by atoms with van der Waals surface area (Å²) in [6.07, 6.45) is 3.74. The van der Waals surface area contributed by atoms with Crippen LogP contribution in [0.15, 0.2) is 53.4 Å². The molecule has 1 amide bonds. The van der Waals surface area contributed by atoms with E-state index in [1.165, 1.54) is 35.0 Å². The van der Waals surface area contributed by atoms with Crippen molar-refractivity contribution < 1.29 is 17.6 Å². The third-order valence-corrected chi connectivity index (χ3v) is 8.86. The first-order chi connectivity index (χ1) is 16.2. The van der Waals surface area contributed by atoms with Crippen molar-refractivity contribution in [2.24, 2.45) is 11.8 Å². The molecule has 2 saturated heterocycles. The van der Waals surface area contributed by atoms with Crippen LogP contribution < -0.4 is 10.2 Å². The Morgan fingerprint density at radius 2 is 1.68 bits per heavy atom. The van der Waals surface area contributed by atoms with Gasteiger partial charge in [-0.25, -0.2) is 12.8 Å². The largest absolute Gasteiger partial charge is 0.371 e. The number of nitrogens with one attached hydrogen (secondary N) is 1. The van der Waals surface area contributed by atoms with Gasteiger partial charge in [-0.3, -0.25) is 4.79 Å². The van der Waals surface area contributed by atoms with Crippen molar-refractivity contribution in [3.8, 4) is 0 Å². The fourth-order valence-corrected chi connectivity index (χ4v) is 6.47. The highest BCUT2D eigenvalue weighted by Gasteiger charge is 2.33. The third kappa shape index (κ3) is 5.61. The number of sulfonamides is 1. The van der Waals surface area contributed by atoms with Crippen LogP contribution in [-0.2, 0) is 14.8 Å². The van der Waals surface area contributed by atoms with E-state index in [4.69, 9.17) is 0 Å². The van der Waals surface area contributed by atoms with Crippen LogP contribution in [0.2, 0.25) is 0 Å². The molecule has 0 unspecified atom stereocenters. The lowest BCUT2D eigenvalue weighted by Crippen LogP contribution is -2.45. The Morgan fingerprint density at radius 3 is 2.35 bits per heavy atom. The van der Waals surface area contributed by atoms with Crippen molar-refractivity contribution in [1.29, 1.82) is 0 Å². The van der Waals surface area contributed by atoms with Gasteiger partial charge in [0.1, 0.15) is 5.82 Å². The van der Waals surface area contributed by atoms with Gasteiger partial charge >= 0.3 is 0 Å². The number of nitrogens with zero attached hydrogens (tertiary/aromatic N) is 2. The van der Waals surface area contributed by atoms with Gasteiger partial charge in [0.15, 0.2) is 0 Å². The first kappa shape index (κ1) is 24.7. The van der Waals surface area contributed by atoms with E-state index < -0.39 is 21.8 Å². The maximum atomic E-state index is 13.2. The Hall–Kier alpha value is -2.45. The number of anilines is 1. The molecule has 0 spiro atoms. The molecule has 2 aliphatic rings. The molecule has 2 aromatic carbocycles. The van der Waals surface area contributed by atoms with E-state index >= 15 is 0 Å². The zero-order valence-corrected chi connectivity index (χ0v) is 20.7. The maximum Gasteiger partial charge on any atom is 0.243 e. The molecule has 0 radical (unpaired) electrons. The highest BCUT2D eigenvalue weighted by atomic mass is 32.2. The number of piperidine rings is 2. The second-order valence-corrected chi connectivity index (χ2v) is 11.6. The summed E-state index contributed by atoms with van der Waals surface area (Å²) in [5.41, 5.74) is 2.23. The summed E-state index contributed by atoms with van der Waals surface area (Å²) in [6.45, 7) is 6.88. The zero-order valence-electron chi connectivity index (χ0n) is 19.9. The van der Waals surface area contributed by atoms with Gasteiger partial charge in [-0.1, -0.05) is 19.1 Å². The van der Waals surface area contributed by atoms with Crippen molar-refractivity contribution in [2.45, 2.75) is 50.5 Å². The number of amides is 1. The molecule has 2 aliphatic heterocycles. The van der Waals surface area contributed by atoms with E-state index in [2.05, 4.69) is 41.4 Å². The van der Waals surface area contributed by atoms with Crippen LogP contribution in [0.5, 0.6) is 0 Å². The molecular formula is C26H34FN3O3S. The van der Waals surface area contributed by atoms with E-state index in [0.29, 0.717) is 25.3 Å². The molecule has 34 heavy (non-hydrogen) atoms. The van der Waals surface area contributed by atoms with Gasteiger partial charge in [0.25, 0.3) is 0 Å². The summed E-state index contributed by atoms with van der Waals surface area (Å²) in [4.78, 5) is 15.5. The van der Waals surface area contributed by atoms with E-state index in [0.717, 1.165) is 30.8 Å². The maximum absolute atomic E-state index is 13.2. The SMILES string of the molecule is C[C@@H]1CCCN(c2ccc([C@@H](C)NC(=O)[C@H]3CCCN(S(=O)(=O)c4ccc(F)cc4)C3)cc2)C1. The summed E-state index contributed by atoms with van der Waals surface area (Å²) in [5.74, 6) is -0.336. The number of carbonyl (C=O) groups excluding carboxylic acids is 1. The van der Waals surface area contributed by atoms with E-state index in [-0.39, 0.29) is 23.4 Å². The lowest BCUT2D eigenvalue weighted by Gasteiger charge is -2.33. The van der Waals surface area contributed by atoms with Gasteiger partial charge < -0.3 is 10.2 Å². The molecule has 1 N–H and O–H groups in total. The molecule has 0 aliphatic carbocycles. The first-order valence-electron chi connectivity index (χ1n) is 12.1. The topological polar surface area (TPSA) is 69.7 Å². The molecule has 0 bridgehead atoms. The van der Waals surface area contributed by atoms with Gasteiger partial charge in [0.2, 0.25) is 15.9 Å². The molecule has 0 aromatic heterocycles. The summed E-state index contributed by atoms with van der Waals surface area (Å²) in [6, 6.07) is 13.0. The summed E-state index contributed by atoms with van der Waals surface area (Å²) in [5, 5.41) is 3.07. The van der Waals surface area contributed by atoms with E-state index in [1.807, 2.05) is 6.92 Å². The Labute approximate surface area is 202 Å². The van der Waals surface area contributed by atoms with Gasteiger partial charge in [0.05, 0.1) is 16.9 Å². The molecule has 2 aromatic rings. The highest BCUT2D eigenvalue weighted by Crippen LogP contribution is 2.27. The van der Waals surface area contributed by atoms with Crippen LogP contribution in [0.3, 0.4) is 0 Å². The Bertz CT molecular complexity index is 1090. The number of hydrogen-bond donors (Lipinski definition) is 1. The summed E-state index contributed by atoms with van der Waals surface area (Å²) >= 11 is 0. The molecular weight excluding hydrogens is 453 g/mol. The summed E-state index contributed by atoms with van der Waals surface area (Å²) < 4.78 is 40.5. The number of halogens is 1. The van der Waals surface area contributed by atoms with Crippen LogP contribution in [-0.4, -0.2) is 44.8 Å². The minimum atomic E-state index is -3.76. The first-order valence-corrected chi connectivity index (χ1v) is 13.6. The Balaban J connectivity index is 1.36. The molecule has 3 atom stereocenters. The predicted molar refractivity (Wildman–Crippen MR) is 131 cm³/mol. The minimum absolute atomic E-state index is 0.0477. The van der Waals surface area contributed by atoms with E-state index in [9.17, 15) is 17.6 Å². The van der Waals surface area contributed by atoms with Crippen LogP contribution >= 0.6 is 0 Å². The normalized spacial score (nSPS) is 22.9. The lowest BCUT2D eigenvalue weighted by molar-refractivity contribution is -0.126. The van der Waals surface area contributed by atoms with E-state index in [1.54, 1.807) is 0 Å². The van der Waals surface area contributed by atoms with Crippen molar-refractivity contribution in [3.63, 3.8) is 0 Å². The Morgan fingerprint density at radius 1 is 1.00 bits per heavy atom. The minimum Gasteiger partial charge on any atom is -0.371 e. The Kier molecular flexibility index (Phi) is 7.57. The molecule has 2 fully saturated rings. The summed E-state index contributed by atoms with van der Waals surface area (Å²) in [7, 11) is -3.76. The van der Waals surface area contributed by atoms with Crippen LogP contribution in [0.1, 0.15) is 51.1 Å². The average Bonchev–Trinajstić information content (AvgIpc) is 2.84. The van der Waals surface area contributed by atoms with Crippen molar-refractivity contribution in [3.05, 3.63) is 59.9 Å². The van der Waals surface area contributed by atoms with Gasteiger partial charge in [-0.2, -0.15) is 4.31 Å². The lowest BCUT2D eigenvalue weighted by atomic mass is 9.97. The van der Waals surface area contributed by atoms with Crippen LogP contribution in [0, 0.1) is 17.7 Å². The van der Waals surface area contributed by atoms with Crippen molar-refractivity contribution in [2.75, 3.05) is 31.1 Å². The van der Waals surface area contributed by atoms with Gasteiger partial charge in [-0.05, 0) is 80.5 Å². The molecule has 8 heteroatoms. The van der Waals surface area contributed by atoms with Crippen molar-refractivity contribution in [1.82, 2.24) is 9.62 Å². The third-order valence-electron chi connectivity index (χ3n) is 6.98. The van der Waals surface area contributed by atoms with Gasteiger partial charge in [-0.15, -0.1) is 0 Å². The fraction of sp³-hybridized carbons (Fsp3) is 0.500. The second kappa shape index (κ2) is 10.4. The van der Waals surface area contributed by atoms with Crippen LogP contribution in [0.25, 0.3) is 0 Å². The van der Waals surface area contributed by atoms with Crippen molar-refractivity contribution >= 4 is 21.6 Å². The number of hydrogen-bond acceptors (Lipinski definition) is 4. The monoisotopic (exact) mass is 487 g/mol. The highest BCUT2D eigenvalue weighted by molar-refractivity contribution is 7.89. The smallest absolute Gasteiger partial charge is 0.243 e. The average molecular weight is 488 g/mol. The van der Waals surface area contributed by atoms with Crippen LogP contribution in [0.4, 0.5) is 10.1 Å². The number of rotatable bonds is 6. The quantitative estimate of drug-likeness (QED) is 0.658. The fourth-order valence-electron chi connectivity index (χ4n) is 4.94.